The summed E-state index contributed by atoms with van der Waals surface area (Å²) >= 11 is 0. The van der Waals surface area contributed by atoms with Gasteiger partial charge in [-0.15, -0.1) is 0 Å². The van der Waals surface area contributed by atoms with Crippen molar-refractivity contribution >= 4 is 27.7 Å². The first-order chi connectivity index (χ1) is 15.5. The molecule has 0 saturated carbocycles. The zero-order valence-corrected chi connectivity index (χ0v) is 18.0. The SMILES string of the molecule is CCCCc1nc2ccccc2c(=O)n1NC(=O)c1c(O)c2ccccc2n(CC)c1=O. The molecule has 2 N–H and O–H groups in total. The van der Waals surface area contributed by atoms with E-state index >= 15 is 0 Å². The number of carbonyl (C=O) groups excluding carboxylic acids is 1. The Bertz CT molecular complexity index is 1450. The summed E-state index contributed by atoms with van der Waals surface area (Å²) in [5.41, 5.74) is 2.12. The van der Waals surface area contributed by atoms with E-state index in [1.54, 1.807) is 55.5 Å². The third kappa shape index (κ3) is 3.53. The Morgan fingerprint density at radius 2 is 1.69 bits per heavy atom. The molecule has 4 aromatic rings. The molecule has 8 heteroatoms. The van der Waals surface area contributed by atoms with Gasteiger partial charge in [0.1, 0.15) is 17.1 Å². The van der Waals surface area contributed by atoms with E-state index in [9.17, 15) is 19.5 Å². The lowest BCUT2D eigenvalue weighted by molar-refractivity contribution is 0.100. The largest absolute Gasteiger partial charge is 0.506 e. The van der Waals surface area contributed by atoms with Crippen LogP contribution >= 0.6 is 0 Å². The second kappa shape index (κ2) is 8.66. The Hall–Kier alpha value is -3.94. The number of hydrogen-bond donors (Lipinski definition) is 2. The number of rotatable bonds is 6. The molecule has 8 nitrogen and oxygen atoms in total. The van der Waals surface area contributed by atoms with Gasteiger partial charge in [-0.3, -0.25) is 19.8 Å². The third-order valence-corrected chi connectivity index (χ3v) is 5.50. The molecule has 0 saturated heterocycles. The van der Waals surface area contributed by atoms with Gasteiger partial charge in [0, 0.05) is 18.4 Å². The molecular weight excluding hydrogens is 408 g/mol. The molecular formula is C24H24N4O4. The molecule has 0 atom stereocenters. The van der Waals surface area contributed by atoms with Crippen molar-refractivity contribution < 1.29 is 9.90 Å². The minimum Gasteiger partial charge on any atom is -0.506 e. The fourth-order valence-corrected chi connectivity index (χ4v) is 3.86. The Morgan fingerprint density at radius 1 is 1.00 bits per heavy atom. The predicted molar refractivity (Wildman–Crippen MR) is 124 cm³/mol. The number of pyridine rings is 1. The highest BCUT2D eigenvalue weighted by Crippen LogP contribution is 2.26. The summed E-state index contributed by atoms with van der Waals surface area (Å²) in [6.45, 7) is 4.12. The average Bonchev–Trinajstić information content (AvgIpc) is 2.80. The second-order valence-electron chi connectivity index (χ2n) is 7.52. The standard InChI is InChI=1S/C24H24N4O4/c1-3-5-14-19-25-17-12-8-6-10-15(17)23(31)28(19)26-22(30)20-21(29)16-11-7-9-13-18(16)27(4-2)24(20)32/h6-13,29H,3-5,14H2,1-2H3,(H,26,30). The van der Waals surface area contributed by atoms with Crippen LogP contribution < -0.4 is 16.5 Å². The van der Waals surface area contributed by atoms with Gasteiger partial charge >= 0.3 is 0 Å². The van der Waals surface area contributed by atoms with Crippen molar-refractivity contribution in [2.24, 2.45) is 0 Å². The van der Waals surface area contributed by atoms with Gasteiger partial charge in [0.2, 0.25) is 0 Å². The number of nitrogens with one attached hydrogen (secondary N) is 1. The Balaban J connectivity index is 1.88. The van der Waals surface area contributed by atoms with Gasteiger partial charge in [-0.05, 0) is 37.6 Å². The number of aromatic nitrogens is 3. The van der Waals surface area contributed by atoms with E-state index in [-0.39, 0.29) is 0 Å². The molecule has 0 aliphatic carbocycles. The maximum atomic E-state index is 13.2. The molecule has 0 spiro atoms. The summed E-state index contributed by atoms with van der Waals surface area (Å²) in [5.74, 6) is -0.887. The number of benzene rings is 2. The smallest absolute Gasteiger partial charge is 0.280 e. The number of carbonyl (C=O) groups is 1. The van der Waals surface area contributed by atoms with Crippen molar-refractivity contribution in [1.29, 1.82) is 0 Å². The Labute approximate surface area is 183 Å². The molecule has 0 fully saturated rings. The molecule has 1 amide bonds. The summed E-state index contributed by atoms with van der Waals surface area (Å²) in [6.07, 6.45) is 2.12. The normalized spacial score (nSPS) is 11.2. The predicted octanol–water partition coefficient (Wildman–Crippen LogP) is 3.16. The molecule has 0 aliphatic rings. The molecule has 2 heterocycles. The monoisotopic (exact) mass is 432 g/mol. The zero-order valence-electron chi connectivity index (χ0n) is 18.0. The lowest BCUT2D eigenvalue weighted by Crippen LogP contribution is -2.39. The number of fused-ring (bicyclic) bond motifs is 2. The van der Waals surface area contributed by atoms with Crippen LogP contribution in [-0.4, -0.2) is 25.2 Å². The molecule has 2 aromatic carbocycles. The van der Waals surface area contributed by atoms with Crippen molar-refractivity contribution in [2.75, 3.05) is 5.43 Å². The van der Waals surface area contributed by atoms with Gasteiger partial charge < -0.3 is 9.67 Å². The molecule has 164 valence electrons. The maximum absolute atomic E-state index is 13.2. The van der Waals surface area contributed by atoms with Crippen LogP contribution in [-0.2, 0) is 13.0 Å². The summed E-state index contributed by atoms with van der Waals surface area (Å²) in [6, 6.07) is 13.7. The molecule has 32 heavy (non-hydrogen) atoms. The van der Waals surface area contributed by atoms with Crippen LogP contribution in [0.5, 0.6) is 5.75 Å². The van der Waals surface area contributed by atoms with Gasteiger partial charge in [-0.2, -0.15) is 0 Å². The first kappa shape index (κ1) is 21.3. The number of nitrogens with zero attached hydrogens (tertiary/aromatic N) is 3. The topological polar surface area (TPSA) is 106 Å². The van der Waals surface area contributed by atoms with Gasteiger partial charge in [0.05, 0.1) is 16.4 Å². The van der Waals surface area contributed by atoms with E-state index in [4.69, 9.17) is 0 Å². The van der Waals surface area contributed by atoms with Crippen LogP contribution in [0.4, 0.5) is 0 Å². The van der Waals surface area contributed by atoms with E-state index in [2.05, 4.69) is 10.4 Å². The number of para-hydroxylation sites is 2. The van der Waals surface area contributed by atoms with E-state index in [0.29, 0.717) is 40.6 Å². The average molecular weight is 432 g/mol. The van der Waals surface area contributed by atoms with E-state index in [1.165, 1.54) is 4.57 Å². The molecule has 2 aromatic heterocycles. The number of aryl methyl sites for hydroxylation is 2. The first-order valence-electron chi connectivity index (χ1n) is 10.6. The van der Waals surface area contributed by atoms with Crippen LogP contribution in [0.25, 0.3) is 21.8 Å². The minimum atomic E-state index is -0.864. The molecule has 4 rings (SSSR count). The highest BCUT2D eigenvalue weighted by atomic mass is 16.3. The van der Waals surface area contributed by atoms with Crippen molar-refractivity contribution in [3.8, 4) is 5.75 Å². The van der Waals surface area contributed by atoms with Crippen molar-refractivity contribution in [1.82, 2.24) is 14.2 Å². The number of aromatic hydroxyl groups is 1. The van der Waals surface area contributed by atoms with Crippen LogP contribution in [0.3, 0.4) is 0 Å². The molecule has 0 unspecified atom stereocenters. The summed E-state index contributed by atoms with van der Waals surface area (Å²) in [7, 11) is 0. The third-order valence-electron chi connectivity index (χ3n) is 5.50. The minimum absolute atomic E-state index is 0.319. The van der Waals surface area contributed by atoms with Gasteiger partial charge in [-0.1, -0.05) is 37.6 Å². The summed E-state index contributed by atoms with van der Waals surface area (Å²) < 4.78 is 2.51. The Kier molecular flexibility index (Phi) is 5.77. The fraction of sp³-hybridized carbons (Fsp3) is 0.250. The highest BCUT2D eigenvalue weighted by molar-refractivity contribution is 6.06. The van der Waals surface area contributed by atoms with Crippen LogP contribution in [0.15, 0.2) is 58.1 Å². The van der Waals surface area contributed by atoms with E-state index in [0.717, 1.165) is 17.5 Å². The second-order valence-corrected chi connectivity index (χ2v) is 7.52. The summed E-state index contributed by atoms with van der Waals surface area (Å²) in [4.78, 5) is 44.0. The number of amides is 1. The van der Waals surface area contributed by atoms with Crippen molar-refractivity contribution in [2.45, 2.75) is 39.7 Å². The van der Waals surface area contributed by atoms with E-state index < -0.39 is 28.3 Å². The highest BCUT2D eigenvalue weighted by Gasteiger charge is 2.23. The summed E-state index contributed by atoms with van der Waals surface area (Å²) in [5, 5.41) is 11.5. The van der Waals surface area contributed by atoms with Crippen molar-refractivity contribution in [3.05, 3.63) is 80.6 Å². The van der Waals surface area contributed by atoms with Crippen LogP contribution in [0, 0.1) is 0 Å². The van der Waals surface area contributed by atoms with Crippen LogP contribution in [0.2, 0.25) is 0 Å². The zero-order chi connectivity index (χ0) is 22.8. The number of hydrogen-bond acceptors (Lipinski definition) is 5. The van der Waals surface area contributed by atoms with Gasteiger partial charge in [-0.25, -0.2) is 9.66 Å². The van der Waals surface area contributed by atoms with Crippen molar-refractivity contribution in [3.63, 3.8) is 0 Å². The fourth-order valence-electron chi connectivity index (χ4n) is 3.86. The lowest BCUT2D eigenvalue weighted by Gasteiger charge is -2.16. The first-order valence-corrected chi connectivity index (χ1v) is 10.6. The van der Waals surface area contributed by atoms with Crippen LogP contribution in [0.1, 0.15) is 42.9 Å². The lowest BCUT2D eigenvalue weighted by atomic mass is 10.1. The molecule has 0 aliphatic heterocycles. The molecule has 0 radical (unpaired) electrons. The quantitative estimate of drug-likeness (QED) is 0.487. The van der Waals surface area contributed by atoms with Gasteiger partial charge in [0.25, 0.3) is 17.0 Å². The maximum Gasteiger partial charge on any atom is 0.280 e. The van der Waals surface area contributed by atoms with Gasteiger partial charge in [0.15, 0.2) is 0 Å². The number of unbranched alkanes of at least 4 members (excludes halogenated alkanes) is 1. The van der Waals surface area contributed by atoms with E-state index in [1.807, 2.05) is 6.92 Å². The Morgan fingerprint density at radius 3 is 2.41 bits per heavy atom. The molecule has 0 bridgehead atoms.